The Labute approximate surface area is 154 Å². The highest BCUT2D eigenvalue weighted by Crippen LogP contribution is 2.16. The summed E-state index contributed by atoms with van der Waals surface area (Å²) in [5, 5.41) is 0. The zero-order valence-electron chi connectivity index (χ0n) is 16.9. The van der Waals surface area contributed by atoms with Crippen molar-refractivity contribution in [1.29, 1.82) is 0 Å². The third-order valence-corrected chi connectivity index (χ3v) is 4.18. The van der Waals surface area contributed by atoms with Gasteiger partial charge < -0.3 is 18.9 Å². The second-order valence-corrected chi connectivity index (χ2v) is 6.72. The molecular formula is C20H40O5. The van der Waals surface area contributed by atoms with Gasteiger partial charge in [-0.1, -0.05) is 47.0 Å². The average molecular weight is 361 g/mol. The number of rotatable bonds is 19. The molecule has 0 amide bonds. The Hall–Kier alpha value is -0.490. The first kappa shape index (κ1) is 24.5. The minimum atomic E-state index is 0.0287. The Bertz CT molecular complexity index is 294. The van der Waals surface area contributed by atoms with E-state index < -0.39 is 0 Å². The van der Waals surface area contributed by atoms with Crippen molar-refractivity contribution in [2.75, 3.05) is 52.9 Å². The summed E-state index contributed by atoms with van der Waals surface area (Å²) in [6.07, 6.45) is 6.29. The van der Waals surface area contributed by atoms with Crippen molar-refractivity contribution < 1.29 is 23.7 Å². The summed E-state index contributed by atoms with van der Waals surface area (Å²) < 4.78 is 21.7. The van der Waals surface area contributed by atoms with E-state index in [1.807, 2.05) is 13.8 Å². The fourth-order valence-corrected chi connectivity index (χ4v) is 2.43. The van der Waals surface area contributed by atoms with Crippen LogP contribution < -0.4 is 0 Å². The van der Waals surface area contributed by atoms with Crippen molar-refractivity contribution >= 4 is 5.78 Å². The molecule has 5 nitrogen and oxygen atoms in total. The van der Waals surface area contributed by atoms with Gasteiger partial charge in [0, 0.05) is 12.5 Å². The molecule has 0 fully saturated rings. The Balaban J connectivity index is 3.18. The molecule has 0 heterocycles. The molecule has 0 aliphatic rings. The van der Waals surface area contributed by atoms with E-state index in [2.05, 4.69) is 13.8 Å². The fraction of sp³-hybridized carbons (Fsp3) is 0.950. The summed E-state index contributed by atoms with van der Waals surface area (Å²) in [6, 6.07) is 0. The van der Waals surface area contributed by atoms with E-state index in [4.69, 9.17) is 18.9 Å². The number of hydrogen-bond acceptors (Lipinski definition) is 5. The van der Waals surface area contributed by atoms with Gasteiger partial charge in [-0.3, -0.25) is 4.79 Å². The van der Waals surface area contributed by atoms with Crippen LogP contribution in [0.25, 0.3) is 0 Å². The largest absolute Gasteiger partial charge is 0.379 e. The topological polar surface area (TPSA) is 54.0 Å². The maximum atomic E-state index is 11.3. The summed E-state index contributed by atoms with van der Waals surface area (Å²) in [6.45, 7) is 12.5. The Kier molecular flexibility index (Phi) is 17.9. The number of ketones is 1. The van der Waals surface area contributed by atoms with Crippen LogP contribution in [-0.4, -0.2) is 58.6 Å². The van der Waals surface area contributed by atoms with Crippen LogP contribution in [0.5, 0.6) is 0 Å². The van der Waals surface area contributed by atoms with Crippen molar-refractivity contribution in [3.05, 3.63) is 0 Å². The first-order valence-electron chi connectivity index (χ1n) is 9.95. The molecule has 0 N–H and O–H groups in total. The molecule has 25 heavy (non-hydrogen) atoms. The second kappa shape index (κ2) is 18.3. The minimum Gasteiger partial charge on any atom is -0.379 e. The maximum Gasteiger partial charge on any atom is 0.160 e. The van der Waals surface area contributed by atoms with Crippen LogP contribution in [0.3, 0.4) is 0 Å². The summed E-state index contributed by atoms with van der Waals surface area (Å²) in [5.74, 6) is 1.01. The lowest BCUT2D eigenvalue weighted by atomic mass is 9.96. The van der Waals surface area contributed by atoms with Crippen molar-refractivity contribution in [1.82, 2.24) is 0 Å². The molecule has 0 aliphatic carbocycles. The van der Waals surface area contributed by atoms with E-state index in [-0.39, 0.29) is 18.3 Å². The van der Waals surface area contributed by atoms with E-state index >= 15 is 0 Å². The summed E-state index contributed by atoms with van der Waals surface area (Å²) in [7, 11) is 0. The molecule has 0 saturated heterocycles. The van der Waals surface area contributed by atoms with Crippen LogP contribution >= 0.6 is 0 Å². The van der Waals surface area contributed by atoms with Crippen LogP contribution in [0.15, 0.2) is 0 Å². The average Bonchev–Trinajstić information content (AvgIpc) is 2.60. The van der Waals surface area contributed by atoms with Crippen LogP contribution in [0.4, 0.5) is 0 Å². The van der Waals surface area contributed by atoms with E-state index in [9.17, 15) is 4.79 Å². The molecule has 0 bridgehead atoms. The zero-order valence-corrected chi connectivity index (χ0v) is 16.9. The van der Waals surface area contributed by atoms with Gasteiger partial charge in [0.25, 0.3) is 0 Å². The Morgan fingerprint density at radius 3 is 1.76 bits per heavy atom. The number of Topliss-reactive ketones (excluding diaryl/α,β-unsaturated/α-hetero) is 1. The molecule has 150 valence electrons. The zero-order chi connectivity index (χ0) is 18.8. The van der Waals surface area contributed by atoms with Gasteiger partial charge in [0.15, 0.2) is 5.78 Å². The lowest BCUT2D eigenvalue weighted by molar-refractivity contribution is -0.127. The molecule has 0 saturated carbocycles. The van der Waals surface area contributed by atoms with E-state index in [0.29, 0.717) is 39.6 Å². The van der Waals surface area contributed by atoms with Gasteiger partial charge in [-0.2, -0.15) is 0 Å². The summed E-state index contributed by atoms with van der Waals surface area (Å²) in [4.78, 5) is 11.3. The molecule has 5 heteroatoms. The van der Waals surface area contributed by atoms with Gasteiger partial charge in [0.2, 0.25) is 0 Å². The first-order valence-corrected chi connectivity index (χ1v) is 9.95. The van der Waals surface area contributed by atoms with Crippen LogP contribution in [0.1, 0.15) is 59.8 Å². The lowest BCUT2D eigenvalue weighted by Crippen LogP contribution is -2.17. The molecule has 0 aromatic heterocycles. The number of ether oxygens (including phenoxy) is 4. The minimum absolute atomic E-state index is 0.0287. The maximum absolute atomic E-state index is 11.3. The predicted molar refractivity (Wildman–Crippen MR) is 101 cm³/mol. The van der Waals surface area contributed by atoms with Gasteiger partial charge in [-0.15, -0.1) is 0 Å². The van der Waals surface area contributed by atoms with Crippen LogP contribution in [-0.2, 0) is 23.7 Å². The molecule has 0 aromatic rings. The SMILES string of the molecule is CCCC(CC)CCCOCCOCCOCCOCC(=O)C(C)C. The van der Waals surface area contributed by atoms with Crippen LogP contribution in [0, 0.1) is 11.8 Å². The highest BCUT2D eigenvalue weighted by Gasteiger charge is 2.06. The monoisotopic (exact) mass is 360 g/mol. The third kappa shape index (κ3) is 16.7. The second-order valence-electron chi connectivity index (χ2n) is 6.72. The smallest absolute Gasteiger partial charge is 0.160 e. The molecule has 0 aromatic carbocycles. The van der Waals surface area contributed by atoms with Crippen molar-refractivity contribution in [2.24, 2.45) is 11.8 Å². The van der Waals surface area contributed by atoms with E-state index in [1.165, 1.54) is 25.7 Å². The first-order chi connectivity index (χ1) is 12.1. The highest BCUT2D eigenvalue weighted by molar-refractivity contribution is 5.81. The van der Waals surface area contributed by atoms with Gasteiger partial charge in [0.1, 0.15) is 6.61 Å². The van der Waals surface area contributed by atoms with Gasteiger partial charge in [-0.25, -0.2) is 0 Å². The van der Waals surface area contributed by atoms with E-state index in [0.717, 1.165) is 18.9 Å². The molecule has 0 radical (unpaired) electrons. The molecular weight excluding hydrogens is 320 g/mol. The lowest BCUT2D eigenvalue weighted by Gasteiger charge is -2.13. The summed E-state index contributed by atoms with van der Waals surface area (Å²) >= 11 is 0. The fourth-order valence-electron chi connectivity index (χ4n) is 2.43. The van der Waals surface area contributed by atoms with Gasteiger partial charge in [-0.05, 0) is 18.8 Å². The van der Waals surface area contributed by atoms with Crippen molar-refractivity contribution in [3.8, 4) is 0 Å². The quantitative estimate of drug-likeness (QED) is 0.327. The number of carbonyl (C=O) groups is 1. The van der Waals surface area contributed by atoms with Gasteiger partial charge >= 0.3 is 0 Å². The van der Waals surface area contributed by atoms with E-state index in [1.54, 1.807) is 0 Å². The standard InChI is InChI=1S/C20H40O5/c1-5-8-19(6-2)9-7-10-22-11-12-23-13-14-24-15-16-25-17-20(21)18(3)4/h18-19H,5-17H2,1-4H3. The predicted octanol–water partition coefficient (Wildman–Crippen LogP) is 3.88. The molecule has 0 spiro atoms. The summed E-state index contributed by atoms with van der Waals surface area (Å²) in [5.41, 5.74) is 0. The molecule has 0 rings (SSSR count). The van der Waals surface area contributed by atoms with Gasteiger partial charge in [0.05, 0.1) is 39.6 Å². The normalized spacial score (nSPS) is 12.7. The Morgan fingerprint density at radius 1 is 0.760 bits per heavy atom. The molecule has 0 aliphatic heterocycles. The van der Waals surface area contributed by atoms with Crippen LogP contribution in [0.2, 0.25) is 0 Å². The number of carbonyl (C=O) groups excluding carboxylic acids is 1. The molecule has 1 atom stereocenters. The number of hydrogen-bond donors (Lipinski definition) is 0. The van der Waals surface area contributed by atoms with Crippen molar-refractivity contribution in [2.45, 2.75) is 59.8 Å². The highest BCUT2D eigenvalue weighted by atomic mass is 16.6. The molecule has 1 unspecified atom stereocenters. The van der Waals surface area contributed by atoms with Crippen molar-refractivity contribution in [3.63, 3.8) is 0 Å². The Morgan fingerprint density at radius 2 is 1.28 bits per heavy atom. The third-order valence-electron chi connectivity index (χ3n) is 4.18.